The molecule has 8 atom stereocenters. The number of aliphatic hydroxyl groups is 4. The van der Waals surface area contributed by atoms with E-state index < -0.39 is 41.0 Å². The van der Waals surface area contributed by atoms with Gasteiger partial charge in [0.05, 0.1) is 12.2 Å². The van der Waals surface area contributed by atoms with Gasteiger partial charge in [-0.25, -0.2) is 0 Å². The summed E-state index contributed by atoms with van der Waals surface area (Å²) in [5.41, 5.74) is -2.17. The Kier molecular flexibility index (Phi) is 4.25. The van der Waals surface area contributed by atoms with E-state index in [0.29, 0.717) is 25.7 Å². The van der Waals surface area contributed by atoms with E-state index in [0.717, 1.165) is 5.57 Å². The molecule has 4 aliphatic carbocycles. The maximum absolute atomic E-state index is 12.4. The first kappa shape index (κ1) is 19.2. The van der Waals surface area contributed by atoms with Gasteiger partial charge in [-0.15, -0.1) is 0 Å². The number of Topliss-reactive ketones (excluding diaryl/α,β-unsaturated/α-hetero) is 1. The van der Waals surface area contributed by atoms with Gasteiger partial charge in [-0.3, -0.25) is 9.59 Å². The SMILES string of the molecule is C[C@]12CCC(=O)C=C1C(O)C[C@@H]1[C@@H]2[C@@H](O)C[C@@]2(C)[C@H]1CC[C@]2(O)C(=O)CO. The zero-order chi connectivity index (χ0) is 19.8. The third-order valence-electron chi connectivity index (χ3n) is 8.67. The highest BCUT2D eigenvalue weighted by Gasteiger charge is 2.68. The van der Waals surface area contributed by atoms with Gasteiger partial charge in [0.2, 0.25) is 0 Å². The predicted molar refractivity (Wildman–Crippen MR) is 96.5 cm³/mol. The molecule has 0 aliphatic heterocycles. The van der Waals surface area contributed by atoms with E-state index in [1.165, 1.54) is 0 Å². The van der Waals surface area contributed by atoms with E-state index in [1.807, 2.05) is 13.8 Å². The summed E-state index contributed by atoms with van der Waals surface area (Å²) in [6, 6.07) is 0. The summed E-state index contributed by atoms with van der Waals surface area (Å²) in [4.78, 5) is 24.3. The second-order valence-corrected chi connectivity index (χ2v) is 9.70. The third kappa shape index (κ3) is 2.33. The molecule has 0 amide bonds. The van der Waals surface area contributed by atoms with Crippen molar-refractivity contribution in [3.05, 3.63) is 11.6 Å². The molecule has 6 nitrogen and oxygen atoms in total. The van der Waals surface area contributed by atoms with Crippen molar-refractivity contribution in [3.63, 3.8) is 0 Å². The normalized spacial score (nSPS) is 51.9. The molecule has 150 valence electrons. The molecule has 0 bridgehead atoms. The van der Waals surface area contributed by atoms with E-state index in [4.69, 9.17) is 0 Å². The summed E-state index contributed by atoms with van der Waals surface area (Å²) in [6.07, 6.45) is 2.75. The lowest BCUT2D eigenvalue weighted by Gasteiger charge is -2.61. The Labute approximate surface area is 159 Å². The fourth-order valence-electron chi connectivity index (χ4n) is 7.33. The Hall–Kier alpha value is -1.08. The van der Waals surface area contributed by atoms with Crippen LogP contribution >= 0.6 is 0 Å². The summed E-state index contributed by atoms with van der Waals surface area (Å²) >= 11 is 0. The van der Waals surface area contributed by atoms with Crippen molar-refractivity contribution < 1.29 is 30.0 Å². The molecular formula is C21H30O6. The summed E-state index contributed by atoms with van der Waals surface area (Å²) in [7, 11) is 0. The molecule has 4 aliphatic rings. The van der Waals surface area contributed by atoms with Crippen LogP contribution in [0.4, 0.5) is 0 Å². The van der Waals surface area contributed by atoms with Gasteiger partial charge in [0.15, 0.2) is 11.6 Å². The molecular weight excluding hydrogens is 348 g/mol. The van der Waals surface area contributed by atoms with Crippen molar-refractivity contribution in [2.45, 2.75) is 70.2 Å². The molecule has 3 fully saturated rings. The largest absolute Gasteiger partial charge is 0.393 e. The second-order valence-electron chi connectivity index (χ2n) is 9.70. The zero-order valence-corrected chi connectivity index (χ0v) is 16.0. The van der Waals surface area contributed by atoms with Crippen LogP contribution in [0.1, 0.15) is 52.4 Å². The van der Waals surface area contributed by atoms with Gasteiger partial charge in [0.1, 0.15) is 12.2 Å². The smallest absolute Gasteiger partial charge is 0.190 e. The van der Waals surface area contributed by atoms with Crippen LogP contribution in [0.3, 0.4) is 0 Å². The molecule has 4 N–H and O–H groups in total. The third-order valence-corrected chi connectivity index (χ3v) is 8.67. The molecule has 4 rings (SSSR count). The van der Waals surface area contributed by atoms with Crippen LogP contribution in [0.15, 0.2) is 11.6 Å². The van der Waals surface area contributed by atoms with Crippen molar-refractivity contribution >= 4 is 11.6 Å². The molecule has 0 aromatic heterocycles. The van der Waals surface area contributed by atoms with Gasteiger partial charge >= 0.3 is 0 Å². The lowest BCUT2D eigenvalue weighted by molar-refractivity contribution is -0.187. The predicted octanol–water partition coefficient (Wildman–Crippen LogP) is 0.752. The Morgan fingerprint density at radius 1 is 1.26 bits per heavy atom. The molecule has 0 aromatic rings. The highest BCUT2D eigenvalue weighted by atomic mass is 16.3. The second kappa shape index (κ2) is 5.96. The fourth-order valence-corrected chi connectivity index (χ4v) is 7.33. The highest BCUT2D eigenvalue weighted by molar-refractivity contribution is 5.92. The van der Waals surface area contributed by atoms with Crippen LogP contribution in [0.5, 0.6) is 0 Å². The Balaban J connectivity index is 1.77. The minimum Gasteiger partial charge on any atom is -0.393 e. The van der Waals surface area contributed by atoms with Gasteiger partial charge < -0.3 is 20.4 Å². The zero-order valence-electron chi connectivity index (χ0n) is 16.0. The van der Waals surface area contributed by atoms with Crippen molar-refractivity contribution in [2.24, 2.45) is 28.6 Å². The number of carbonyl (C=O) groups is 2. The Morgan fingerprint density at radius 2 is 1.96 bits per heavy atom. The van der Waals surface area contributed by atoms with Crippen molar-refractivity contribution in [1.29, 1.82) is 0 Å². The summed E-state index contributed by atoms with van der Waals surface area (Å²) < 4.78 is 0. The molecule has 0 saturated heterocycles. The van der Waals surface area contributed by atoms with Crippen LogP contribution in [0.2, 0.25) is 0 Å². The maximum Gasteiger partial charge on any atom is 0.190 e. The van der Waals surface area contributed by atoms with E-state index in [2.05, 4.69) is 0 Å². The first-order chi connectivity index (χ1) is 12.6. The monoisotopic (exact) mass is 378 g/mol. The highest BCUT2D eigenvalue weighted by Crippen LogP contribution is 2.67. The van der Waals surface area contributed by atoms with Crippen LogP contribution in [0, 0.1) is 28.6 Å². The van der Waals surface area contributed by atoms with Crippen LogP contribution < -0.4 is 0 Å². The van der Waals surface area contributed by atoms with E-state index in [-0.39, 0.29) is 36.4 Å². The summed E-state index contributed by atoms with van der Waals surface area (Å²) in [6.45, 7) is 3.18. The van der Waals surface area contributed by atoms with E-state index in [1.54, 1.807) is 6.08 Å². The fraction of sp³-hybridized carbons (Fsp3) is 0.810. The number of rotatable bonds is 2. The minimum atomic E-state index is -1.64. The molecule has 0 aromatic carbocycles. The van der Waals surface area contributed by atoms with Crippen LogP contribution in [-0.4, -0.2) is 56.4 Å². The molecule has 0 heterocycles. The van der Waals surface area contributed by atoms with Gasteiger partial charge in [0, 0.05) is 11.8 Å². The molecule has 3 saturated carbocycles. The van der Waals surface area contributed by atoms with Crippen molar-refractivity contribution in [2.75, 3.05) is 6.61 Å². The average Bonchev–Trinajstić information content (AvgIpc) is 2.87. The molecule has 1 unspecified atom stereocenters. The summed E-state index contributed by atoms with van der Waals surface area (Å²) in [5, 5.41) is 42.6. The van der Waals surface area contributed by atoms with Gasteiger partial charge in [-0.05, 0) is 66.9 Å². The van der Waals surface area contributed by atoms with Crippen molar-refractivity contribution in [3.8, 4) is 0 Å². The average molecular weight is 378 g/mol. The molecule has 27 heavy (non-hydrogen) atoms. The van der Waals surface area contributed by atoms with Crippen molar-refractivity contribution in [1.82, 2.24) is 0 Å². The van der Waals surface area contributed by atoms with E-state index in [9.17, 15) is 30.0 Å². The first-order valence-corrected chi connectivity index (χ1v) is 10.1. The molecule has 6 heteroatoms. The Morgan fingerprint density at radius 3 is 2.63 bits per heavy atom. The maximum atomic E-state index is 12.4. The van der Waals surface area contributed by atoms with Gasteiger partial charge in [-0.2, -0.15) is 0 Å². The topological polar surface area (TPSA) is 115 Å². The number of ketones is 2. The number of carbonyl (C=O) groups excluding carboxylic acids is 2. The van der Waals surface area contributed by atoms with Crippen LogP contribution in [-0.2, 0) is 9.59 Å². The Bertz CT molecular complexity index is 715. The molecule has 0 spiro atoms. The lowest BCUT2D eigenvalue weighted by atomic mass is 9.45. The standard InChI is InChI=1S/C21H30O6/c1-19-5-3-11(23)7-14(19)15(24)8-12-13-4-6-21(27,17(26)10-22)20(13,2)9-16(25)18(12)19/h7,12-13,15-16,18,22,24-25,27H,3-6,8-10H2,1-2H3/t12-,13-,15?,16-,18+,19-,20-,21-/m0/s1. The minimum absolute atomic E-state index is 0.0166. The number of aliphatic hydroxyl groups excluding tert-OH is 3. The summed E-state index contributed by atoms with van der Waals surface area (Å²) in [5.74, 6) is -0.713. The quantitative estimate of drug-likeness (QED) is 0.564. The lowest BCUT2D eigenvalue weighted by Crippen LogP contribution is -2.63. The van der Waals surface area contributed by atoms with E-state index >= 15 is 0 Å². The number of hydrogen-bond donors (Lipinski definition) is 4. The first-order valence-electron chi connectivity index (χ1n) is 10.1. The van der Waals surface area contributed by atoms with Gasteiger partial charge in [-0.1, -0.05) is 13.8 Å². The molecule has 0 radical (unpaired) electrons. The number of fused-ring (bicyclic) bond motifs is 5. The van der Waals surface area contributed by atoms with Gasteiger partial charge in [0.25, 0.3) is 0 Å². The number of hydrogen-bond acceptors (Lipinski definition) is 6. The van der Waals surface area contributed by atoms with Crippen LogP contribution in [0.25, 0.3) is 0 Å².